The molecule has 5 nitrogen and oxygen atoms in total. The standard InChI is InChI=1S/C16H21N3O2/c1-11(14-7-4-10-21-14)17-16(20)9-8-15-18-12-5-2-3-6-13(12)19-15/h2-3,5-6,11,14H,4,7-10H2,1H3,(H,17,20)(H,18,19)/t11-,14+/m1/s1. The van der Waals surface area contributed by atoms with Crippen LogP contribution >= 0.6 is 0 Å². The molecule has 5 heteroatoms. The molecule has 0 saturated carbocycles. The monoisotopic (exact) mass is 287 g/mol. The fourth-order valence-corrected chi connectivity index (χ4v) is 2.77. The molecule has 21 heavy (non-hydrogen) atoms. The lowest BCUT2D eigenvalue weighted by molar-refractivity contribution is -0.122. The summed E-state index contributed by atoms with van der Waals surface area (Å²) in [7, 11) is 0. The number of para-hydroxylation sites is 2. The Labute approximate surface area is 124 Å². The molecule has 1 aliphatic heterocycles. The molecule has 1 saturated heterocycles. The smallest absolute Gasteiger partial charge is 0.220 e. The van der Waals surface area contributed by atoms with Gasteiger partial charge in [0.05, 0.1) is 23.2 Å². The van der Waals surface area contributed by atoms with Crippen molar-refractivity contribution >= 4 is 16.9 Å². The Morgan fingerprint density at radius 1 is 1.52 bits per heavy atom. The van der Waals surface area contributed by atoms with E-state index in [0.29, 0.717) is 12.8 Å². The number of aromatic nitrogens is 2. The highest BCUT2D eigenvalue weighted by Crippen LogP contribution is 2.15. The van der Waals surface area contributed by atoms with Gasteiger partial charge in [-0.15, -0.1) is 0 Å². The predicted octanol–water partition coefficient (Wildman–Crippen LogP) is 2.18. The molecule has 2 aromatic rings. The number of benzene rings is 1. The molecule has 0 bridgehead atoms. The fourth-order valence-electron chi connectivity index (χ4n) is 2.77. The highest BCUT2D eigenvalue weighted by molar-refractivity contribution is 5.77. The highest BCUT2D eigenvalue weighted by Gasteiger charge is 2.23. The third kappa shape index (κ3) is 3.42. The van der Waals surface area contributed by atoms with E-state index in [2.05, 4.69) is 15.3 Å². The number of nitrogens with one attached hydrogen (secondary N) is 2. The van der Waals surface area contributed by atoms with E-state index in [0.717, 1.165) is 36.3 Å². The maximum absolute atomic E-state index is 12.0. The minimum atomic E-state index is 0.0541. The summed E-state index contributed by atoms with van der Waals surface area (Å²) in [6.07, 6.45) is 3.35. The van der Waals surface area contributed by atoms with Gasteiger partial charge >= 0.3 is 0 Å². The van der Waals surface area contributed by atoms with Gasteiger partial charge in [-0.1, -0.05) is 12.1 Å². The van der Waals surface area contributed by atoms with Crippen LogP contribution in [0.15, 0.2) is 24.3 Å². The second-order valence-electron chi connectivity index (χ2n) is 5.61. The zero-order chi connectivity index (χ0) is 14.7. The zero-order valence-electron chi connectivity index (χ0n) is 12.3. The van der Waals surface area contributed by atoms with Crippen LogP contribution in [0.25, 0.3) is 11.0 Å². The molecule has 2 N–H and O–H groups in total. The Balaban J connectivity index is 1.50. The topological polar surface area (TPSA) is 67.0 Å². The number of rotatable bonds is 5. The van der Waals surface area contributed by atoms with Crippen LogP contribution in [0.1, 0.15) is 32.0 Å². The minimum Gasteiger partial charge on any atom is -0.376 e. The Bertz CT molecular complexity index is 584. The van der Waals surface area contributed by atoms with Gasteiger partial charge in [-0.05, 0) is 31.9 Å². The van der Waals surface area contributed by atoms with Crippen LogP contribution in [0.2, 0.25) is 0 Å². The van der Waals surface area contributed by atoms with Crippen molar-refractivity contribution in [3.63, 3.8) is 0 Å². The third-order valence-electron chi connectivity index (χ3n) is 3.94. The van der Waals surface area contributed by atoms with Gasteiger partial charge in [0.2, 0.25) is 5.91 Å². The SMILES string of the molecule is C[C@@H](NC(=O)CCc1nc2ccccc2[nH]1)[C@@H]1CCCO1. The van der Waals surface area contributed by atoms with Crippen molar-refractivity contribution in [1.29, 1.82) is 0 Å². The van der Waals surface area contributed by atoms with E-state index in [1.54, 1.807) is 0 Å². The van der Waals surface area contributed by atoms with Crippen LogP contribution in [0, 0.1) is 0 Å². The van der Waals surface area contributed by atoms with Crippen molar-refractivity contribution in [1.82, 2.24) is 15.3 Å². The number of H-pyrrole nitrogens is 1. The summed E-state index contributed by atoms with van der Waals surface area (Å²) in [5, 5.41) is 3.02. The number of hydrogen-bond acceptors (Lipinski definition) is 3. The molecule has 2 atom stereocenters. The van der Waals surface area contributed by atoms with Gasteiger partial charge in [0.25, 0.3) is 0 Å². The van der Waals surface area contributed by atoms with Crippen molar-refractivity contribution in [2.45, 2.75) is 44.8 Å². The lowest BCUT2D eigenvalue weighted by atomic mass is 10.1. The van der Waals surface area contributed by atoms with E-state index < -0.39 is 0 Å². The number of hydrogen-bond donors (Lipinski definition) is 2. The molecule has 0 spiro atoms. The number of fused-ring (bicyclic) bond motifs is 1. The summed E-state index contributed by atoms with van der Waals surface area (Å²) >= 11 is 0. The number of ether oxygens (including phenoxy) is 1. The van der Waals surface area contributed by atoms with Crippen LogP contribution < -0.4 is 5.32 Å². The van der Waals surface area contributed by atoms with E-state index in [4.69, 9.17) is 4.74 Å². The molecule has 0 radical (unpaired) electrons. The molecule has 1 amide bonds. The van der Waals surface area contributed by atoms with Crippen LogP contribution in [-0.4, -0.2) is 34.6 Å². The molecule has 1 aromatic heterocycles. The summed E-state index contributed by atoms with van der Waals surface area (Å²) in [6.45, 7) is 2.82. The van der Waals surface area contributed by atoms with E-state index >= 15 is 0 Å². The average Bonchev–Trinajstić information content (AvgIpc) is 3.14. The van der Waals surface area contributed by atoms with Crippen molar-refractivity contribution in [3.05, 3.63) is 30.1 Å². The first kappa shape index (κ1) is 14.1. The second kappa shape index (κ2) is 6.26. The fraction of sp³-hybridized carbons (Fsp3) is 0.500. The lowest BCUT2D eigenvalue weighted by Gasteiger charge is -2.19. The minimum absolute atomic E-state index is 0.0541. The number of amides is 1. The summed E-state index contributed by atoms with van der Waals surface area (Å²) in [5.41, 5.74) is 1.96. The van der Waals surface area contributed by atoms with Gasteiger partial charge in [-0.2, -0.15) is 0 Å². The zero-order valence-corrected chi connectivity index (χ0v) is 12.3. The van der Waals surface area contributed by atoms with Crippen molar-refractivity contribution in [2.75, 3.05) is 6.61 Å². The summed E-state index contributed by atoms with van der Waals surface area (Å²) in [6, 6.07) is 7.97. The van der Waals surface area contributed by atoms with Gasteiger partial charge in [0.1, 0.15) is 5.82 Å². The van der Waals surface area contributed by atoms with E-state index in [9.17, 15) is 4.79 Å². The molecule has 0 unspecified atom stereocenters. The Kier molecular flexibility index (Phi) is 4.20. The second-order valence-corrected chi connectivity index (χ2v) is 5.61. The third-order valence-corrected chi connectivity index (χ3v) is 3.94. The molecule has 1 aliphatic rings. The molecular formula is C16H21N3O2. The van der Waals surface area contributed by atoms with Crippen LogP contribution in [0.5, 0.6) is 0 Å². The first-order valence-corrected chi connectivity index (χ1v) is 7.57. The highest BCUT2D eigenvalue weighted by atomic mass is 16.5. The number of carbonyl (C=O) groups is 1. The predicted molar refractivity (Wildman–Crippen MR) is 81.0 cm³/mol. The maximum atomic E-state index is 12.0. The molecular weight excluding hydrogens is 266 g/mol. The molecule has 112 valence electrons. The Morgan fingerprint density at radius 3 is 3.14 bits per heavy atom. The van der Waals surface area contributed by atoms with Crippen molar-refractivity contribution in [2.24, 2.45) is 0 Å². The maximum Gasteiger partial charge on any atom is 0.220 e. The van der Waals surface area contributed by atoms with Crippen LogP contribution in [0.4, 0.5) is 0 Å². The average molecular weight is 287 g/mol. The number of aryl methyl sites for hydroxylation is 1. The van der Waals surface area contributed by atoms with Crippen molar-refractivity contribution in [3.8, 4) is 0 Å². The molecule has 3 rings (SSSR count). The summed E-state index contributed by atoms with van der Waals surface area (Å²) in [4.78, 5) is 19.7. The first-order valence-electron chi connectivity index (χ1n) is 7.57. The van der Waals surface area contributed by atoms with Crippen molar-refractivity contribution < 1.29 is 9.53 Å². The van der Waals surface area contributed by atoms with Gasteiger partial charge in [0.15, 0.2) is 0 Å². The van der Waals surface area contributed by atoms with Crippen LogP contribution in [-0.2, 0) is 16.0 Å². The van der Waals surface area contributed by atoms with E-state index in [1.807, 2.05) is 31.2 Å². The van der Waals surface area contributed by atoms with Gasteiger partial charge in [0, 0.05) is 19.4 Å². The molecule has 2 heterocycles. The quantitative estimate of drug-likeness (QED) is 0.885. The number of imidazole rings is 1. The number of aromatic amines is 1. The van der Waals surface area contributed by atoms with Crippen LogP contribution in [0.3, 0.4) is 0 Å². The summed E-state index contributed by atoms with van der Waals surface area (Å²) in [5.74, 6) is 0.912. The number of carbonyl (C=O) groups excluding carboxylic acids is 1. The normalized spacial score (nSPS) is 19.8. The molecule has 1 aromatic carbocycles. The first-order chi connectivity index (χ1) is 10.2. The van der Waals surface area contributed by atoms with E-state index in [1.165, 1.54) is 0 Å². The molecule has 1 fully saturated rings. The largest absolute Gasteiger partial charge is 0.376 e. The summed E-state index contributed by atoms with van der Waals surface area (Å²) < 4.78 is 5.59. The van der Waals surface area contributed by atoms with E-state index in [-0.39, 0.29) is 18.1 Å². The van der Waals surface area contributed by atoms with Gasteiger partial charge in [-0.25, -0.2) is 4.98 Å². The Hall–Kier alpha value is -1.88. The Morgan fingerprint density at radius 2 is 2.38 bits per heavy atom. The molecule has 0 aliphatic carbocycles. The van der Waals surface area contributed by atoms with Gasteiger partial charge in [-0.3, -0.25) is 4.79 Å². The van der Waals surface area contributed by atoms with Gasteiger partial charge < -0.3 is 15.0 Å². The number of nitrogens with zero attached hydrogens (tertiary/aromatic N) is 1. The lowest BCUT2D eigenvalue weighted by Crippen LogP contribution is -2.40.